The Morgan fingerprint density at radius 2 is 1.74 bits per heavy atom. The van der Waals surface area contributed by atoms with Gasteiger partial charge in [0.15, 0.2) is 5.78 Å². The second kappa shape index (κ2) is 7.47. The van der Waals surface area contributed by atoms with Crippen molar-refractivity contribution in [3.05, 3.63) is 35.4 Å². The number of rotatable bonds is 2. The predicted molar refractivity (Wildman–Crippen MR) is 127 cm³/mol. The molecule has 4 fully saturated rings. The van der Waals surface area contributed by atoms with Crippen molar-refractivity contribution in [2.75, 3.05) is 19.0 Å². The molecule has 1 aromatic rings. The average molecular weight is 422 g/mol. The number of Topliss-reactive ketones (excluding diaryl/α,β-unsaturated/α-hetero) is 1. The van der Waals surface area contributed by atoms with Crippen molar-refractivity contribution in [3.63, 3.8) is 0 Å². The van der Waals surface area contributed by atoms with Crippen LogP contribution in [0.4, 0.5) is 5.69 Å². The van der Waals surface area contributed by atoms with E-state index in [0.29, 0.717) is 29.0 Å². The van der Waals surface area contributed by atoms with Gasteiger partial charge in [-0.05, 0) is 110 Å². The van der Waals surface area contributed by atoms with Gasteiger partial charge in [-0.2, -0.15) is 0 Å². The van der Waals surface area contributed by atoms with Crippen LogP contribution in [0.2, 0.25) is 0 Å². The first-order valence-electron chi connectivity index (χ1n) is 12.4. The summed E-state index contributed by atoms with van der Waals surface area (Å²) in [6.45, 7) is 4.79. The first-order chi connectivity index (χ1) is 14.7. The molecule has 0 spiro atoms. The van der Waals surface area contributed by atoms with E-state index < -0.39 is 0 Å². The van der Waals surface area contributed by atoms with E-state index >= 15 is 0 Å². The second-order valence-corrected chi connectivity index (χ2v) is 11.7. The number of benzene rings is 1. The normalized spacial score (nSPS) is 43.3. The van der Waals surface area contributed by atoms with E-state index in [0.717, 1.165) is 49.2 Å². The number of carbonyl (C=O) groups excluding carboxylic acids is 1. The van der Waals surface area contributed by atoms with Gasteiger partial charge in [0.2, 0.25) is 0 Å². The summed E-state index contributed by atoms with van der Waals surface area (Å²) < 4.78 is 0. The quantitative estimate of drug-likeness (QED) is 0.621. The van der Waals surface area contributed by atoms with Crippen molar-refractivity contribution in [1.82, 2.24) is 0 Å². The van der Waals surface area contributed by atoms with Crippen molar-refractivity contribution < 1.29 is 9.90 Å². The third-order valence-electron chi connectivity index (χ3n) is 10.0. The number of aliphatic hydroxyl groups excluding tert-OH is 1. The van der Waals surface area contributed by atoms with Crippen molar-refractivity contribution in [3.8, 4) is 0 Å². The van der Waals surface area contributed by atoms with Crippen LogP contribution in [0.3, 0.4) is 0 Å². The molecule has 0 unspecified atom stereocenters. The smallest absolute Gasteiger partial charge is 0.165 e. The highest BCUT2D eigenvalue weighted by Gasteiger charge is 2.61. The number of hydrogen-bond acceptors (Lipinski definition) is 3. The van der Waals surface area contributed by atoms with Crippen LogP contribution in [0, 0.1) is 34.5 Å². The monoisotopic (exact) mass is 421 g/mol. The Kier molecular flexibility index (Phi) is 5.12. The molecule has 4 aliphatic carbocycles. The summed E-state index contributed by atoms with van der Waals surface area (Å²) in [5, 5.41) is 10.3. The molecule has 4 saturated carbocycles. The van der Waals surface area contributed by atoms with Crippen LogP contribution in [-0.2, 0) is 4.79 Å². The van der Waals surface area contributed by atoms with Crippen LogP contribution in [0.1, 0.15) is 70.8 Å². The second-order valence-electron chi connectivity index (χ2n) is 11.7. The minimum absolute atomic E-state index is 0.0926. The highest BCUT2D eigenvalue weighted by molar-refractivity contribution is 6.06. The molecule has 0 saturated heterocycles. The van der Waals surface area contributed by atoms with Gasteiger partial charge in [0.05, 0.1) is 6.10 Å². The number of carbonyl (C=O) groups is 1. The maximum atomic E-state index is 13.6. The van der Waals surface area contributed by atoms with Gasteiger partial charge >= 0.3 is 0 Å². The molecule has 0 bridgehead atoms. The number of aliphatic hydroxyl groups is 1. The van der Waals surface area contributed by atoms with Gasteiger partial charge in [-0.15, -0.1) is 0 Å². The first kappa shape index (κ1) is 21.2. The zero-order valence-corrected chi connectivity index (χ0v) is 19.7. The van der Waals surface area contributed by atoms with Gasteiger partial charge in [-0.1, -0.05) is 26.0 Å². The lowest BCUT2D eigenvalue weighted by atomic mass is 9.45. The largest absolute Gasteiger partial charge is 0.393 e. The fraction of sp³-hybridized carbons (Fsp3) is 0.679. The SMILES string of the molecule is CN(C)c1ccc(/C=C2/C[C@@H]3[C@H]4CC[C@H]5C[C@H](O)CC[C@]5(C)[C@@H]4CC[C@]3(C)C2=O)cc1. The lowest BCUT2D eigenvalue weighted by molar-refractivity contribution is -0.141. The van der Waals surface area contributed by atoms with E-state index in [9.17, 15) is 9.90 Å². The van der Waals surface area contributed by atoms with Crippen LogP contribution >= 0.6 is 0 Å². The van der Waals surface area contributed by atoms with Gasteiger partial charge in [0.1, 0.15) is 0 Å². The minimum atomic E-state index is -0.173. The molecule has 0 radical (unpaired) electrons. The lowest BCUT2D eigenvalue weighted by Gasteiger charge is -2.59. The van der Waals surface area contributed by atoms with Crippen LogP contribution in [-0.4, -0.2) is 31.1 Å². The number of allylic oxidation sites excluding steroid dienone is 1. The van der Waals surface area contributed by atoms with Gasteiger partial charge in [0.25, 0.3) is 0 Å². The predicted octanol–water partition coefficient (Wildman–Crippen LogP) is 5.72. The maximum Gasteiger partial charge on any atom is 0.165 e. The summed E-state index contributed by atoms with van der Waals surface area (Å²) in [6, 6.07) is 8.55. The molecular formula is C28H39NO2. The summed E-state index contributed by atoms with van der Waals surface area (Å²) >= 11 is 0. The van der Waals surface area contributed by atoms with Gasteiger partial charge in [0, 0.05) is 25.2 Å². The number of anilines is 1. The van der Waals surface area contributed by atoms with Crippen molar-refractivity contribution in [1.29, 1.82) is 0 Å². The van der Waals surface area contributed by atoms with E-state index in [4.69, 9.17) is 0 Å². The topological polar surface area (TPSA) is 40.5 Å². The Balaban J connectivity index is 1.41. The molecular weight excluding hydrogens is 382 g/mol. The molecule has 31 heavy (non-hydrogen) atoms. The third-order valence-corrected chi connectivity index (χ3v) is 10.0. The number of fused-ring (bicyclic) bond motifs is 5. The summed E-state index contributed by atoms with van der Waals surface area (Å²) in [6.07, 6.45) is 10.9. The molecule has 0 amide bonds. The molecule has 168 valence electrons. The average Bonchev–Trinajstić information content (AvgIpc) is 2.99. The fourth-order valence-corrected chi connectivity index (χ4v) is 8.10. The maximum absolute atomic E-state index is 13.6. The van der Waals surface area contributed by atoms with E-state index in [1.54, 1.807) is 0 Å². The van der Waals surface area contributed by atoms with Crippen LogP contribution in [0.5, 0.6) is 0 Å². The Morgan fingerprint density at radius 1 is 1.00 bits per heavy atom. The molecule has 1 aromatic carbocycles. The van der Waals surface area contributed by atoms with Crippen LogP contribution in [0.25, 0.3) is 6.08 Å². The van der Waals surface area contributed by atoms with Crippen LogP contribution in [0.15, 0.2) is 29.8 Å². The molecule has 0 aliphatic heterocycles. The van der Waals surface area contributed by atoms with E-state index in [1.807, 2.05) is 0 Å². The summed E-state index contributed by atoms with van der Waals surface area (Å²) in [7, 11) is 4.11. The zero-order valence-electron chi connectivity index (χ0n) is 19.7. The molecule has 5 rings (SSSR count). The highest BCUT2D eigenvalue weighted by atomic mass is 16.3. The van der Waals surface area contributed by atoms with Gasteiger partial charge in [-0.25, -0.2) is 0 Å². The van der Waals surface area contributed by atoms with Crippen molar-refractivity contribution >= 4 is 17.5 Å². The molecule has 7 atom stereocenters. The van der Waals surface area contributed by atoms with E-state index in [2.05, 4.69) is 63.2 Å². The molecule has 0 heterocycles. The lowest BCUT2D eigenvalue weighted by Crippen LogP contribution is -2.54. The highest BCUT2D eigenvalue weighted by Crippen LogP contribution is 2.66. The summed E-state index contributed by atoms with van der Waals surface area (Å²) in [5.41, 5.74) is 3.57. The first-order valence-corrected chi connectivity index (χ1v) is 12.4. The molecule has 4 aliphatic rings. The van der Waals surface area contributed by atoms with Crippen molar-refractivity contribution in [2.24, 2.45) is 34.5 Å². The summed E-state index contributed by atoms with van der Waals surface area (Å²) in [4.78, 5) is 15.7. The molecule has 3 nitrogen and oxygen atoms in total. The van der Waals surface area contributed by atoms with E-state index in [-0.39, 0.29) is 11.5 Å². The van der Waals surface area contributed by atoms with Crippen LogP contribution < -0.4 is 4.90 Å². The Labute approximate surface area is 187 Å². The Morgan fingerprint density at radius 3 is 2.45 bits per heavy atom. The molecule has 3 heteroatoms. The Hall–Kier alpha value is -1.61. The van der Waals surface area contributed by atoms with Gasteiger partial charge < -0.3 is 10.0 Å². The van der Waals surface area contributed by atoms with Crippen molar-refractivity contribution in [2.45, 2.75) is 71.3 Å². The van der Waals surface area contributed by atoms with Gasteiger partial charge in [-0.3, -0.25) is 4.79 Å². The third kappa shape index (κ3) is 3.30. The molecule has 0 aromatic heterocycles. The number of nitrogens with zero attached hydrogens (tertiary/aromatic N) is 1. The molecule has 1 N–H and O–H groups in total. The standard InChI is InChI=1S/C28H39NO2/c1-27-13-11-22(30)17-20(27)7-10-23-24(27)12-14-28(2)25(23)16-19(26(28)31)15-18-5-8-21(9-6-18)29(3)4/h5-6,8-9,15,20,22-25,30H,7,10-14,16-17H2,1-4H3/b19-15-/t20-,22+,23-,24+,25+,27-,28-/m0/s1. The number of hydrogen-bond donors (Lipinski definition) is 1. The zero-order chi connectivity index (χ0) is 22.0. The van der Waals surface area contributed by atoms with E-state index in [1.165, 1.54) is 24.9 Å². The minimum Gasteiger partial charge on any atom is -0.393 e. The fourth-order valence-electron chi connectivity index (χ4n) is 8.10. The summed E-state index contributed by atoms with van der Waals surface area (Å²) in [5.74, 6) is 2.98. The Bertz CT molecular complexity index is 887. The number of ketones is 1.